The lowest BCUT2D eigenvalue weighted by Crippen LogP contribution is -2.40. The minimum absolute atomic E-state index is 0.0308. The molecule has 1 atom stereocenters. The zero-order chi connectivity index (χ0) is 13.7. The van der Waals surface area contributed by atoms with E-state index in [0.29, 0.717) is 10.9 Å². The number of nitrogens with one attached hydrogen (secondary N) is 1. The van der Waals surface area contributed by atoms with Crippen LogP contribution in [-0.4, -0.2) is 38.1 Å². The predicted octanol–water partition coefficient (Wildman–Crippen LogP) is 2.81. The lowest BCUT2D eigenvalue weighted by molar-refractivity contribution is 0.335. The van der Waals surface area contributed by atoms with Crippen LogP contribution in [0.4, 0.5) is 8.78 Å². The number of hydrogen-bond donors (Lipinski definition) is 1. The van der Waals surface area contributed by atoms with E-state index in [1.807, 2.05) is 25.9 Å². The second kappa shape index (κ2) is 7.16. The summed E-state index contributed by atoms with van der Waals surface area (Å²) in [7, 11) is 3.88. The van der Waals surface area contributed by atoms with E-state index in [4.69, 9.17) is 0 Å². The van der Waals surface area contributed by atoms with Crippen LogP contribution in [0.25, 0.3) is 0 Å². The van der Waals surface area contributed by atoms with Gasteiger partial charge in [-0.05, 0) is 55.1 Å². The average Bonchev–Trinajstić information content (AvgIpc) is 2.29. The largest absolute Gasteiger partial charge is 0.313 e. The lowest BCUT2D eigenvalue weighted by Gasteiger charge is -2.22. The SMILES string of the molecule is CCNC(Cc1c(F)ccc(Br)c1F)CN(C)C. The van der Waals surface area contributed by atoms with Crippen molar-refractivity contribution in [3.63, 3.8) is 0 Å². The molecule has 0 aliphatic carbocycles. The molecular weight excluding hydrogens is 302 g/mol. The van der Waals surface area contributed by atoms with E-state index >= 15 is 0 Å². The van der Waals surface area contributed by atoms with Gasteiger partial charge in [0.1, 0.15) is 11.6 Å². The van der Waals surface area contributed by atoms with Gasteiger partial charge in [0.25, 0.3) is 0 Å². The van der Waals surface area contributed by atoms with Gasteiger partial charge in [0, 0.05) is 18.2 Å². The number of rotatable bonds is 6. The van der Waals surface area contributed by atoms with Crippen molar-refractivity contribution in [2.45, 2.75) is 19.4 Å². The van der Waals surface area contributed by atoms with E-state index in [9.17, 15) is 8.78 Å². The molecule has 1 aromatic rings. The Labute approximate surface area is 115 Å². The molecule has 0 fully saturated rings. The Morgan fingerprint density at radius 3 is 2.56 bits per heavy atom. The normalized spacial score (nSPS) is 13.1. The van der Waals surface area contributed by atoms with Crippen LogP contribution in [0.3, 0.4) is 0 Å². The van der Waals surface area contributed by atoms with E-state index in [2.05, 4.69) is 21.2 Å². The van der Waals surface area contributed by atoms with Gasteiger partial charge in [-0.3, -0.25) is 0 Å². The highest BCUT2D eigenvalue weighted by Gasteiger charge is 2.17. The molecule has 0 radical (unpaired) electrons. The molecule has 0 amide bonds. The van der Waals surface area contributed by atoms with Crippen molar-refractivity contribution < 1.29 is 8.78 Å². The van der Waals surface area contributed by atoms with E-state index < -0.39 is 11.6 Å². The fourth-order valence-electron chi connectivity index (χ4n) is 1.93. The molecule has 0 saturated heterocycles. The van der Waals surface area contributed by atoms with Crippen molar-refractivity contribution in [1.82, 2.24) is 10.2 Å². The summed E-state index contributed by atoms with van der Waals surface area (Å²) in [5.74, 6) is -0.992. The number of likely N-dealkylation sites (N-methyl/N-ethyl adjacent to an activating group) is 2. The highest BCUT2D eigenvalue weighted by Crippen LogP contribution is 2.22. The molecule has 1 aromatic carbocycles. The summed E-state index contributed by atoms with van der Waals surface area (Å²) in [6, 6.07) is 2.71. The quantitative estimate of drug-likeness (QED) is 0.811. The Bertz CT molecular complexity index is 397. The summed E-state index contributed by atoms with van der Waals surface area (Å²) in [4.78, 5) is 2.00. The Morgan fingerprint density at radius 2 is 2.00 bits per heavy atom. The first-order valence-electron chi connectivity index (χ1n) is 5.96. The van der Waals surface area contributed by atoms with Gasteiger partial charge in [-0.1, -0.05) is 6.92 Å². The standard InChI is InChI=1S/C13H19BrF2N2/c1-4-17-9(8-18(2)3)7-10-12(15)6-5-11(14)13(10)16/h5-6,9,17H,4,7-8H2,1-3H3. The number of nitrogens with zero attached hydrogens (tertiary/aromatic N) is 1. The highest BCUT2D eigenvalue weighted by molar-refractivity contribution is 9.10. The van der Waals surface area contributed by atoms with Gasteiger partial charge in [0.05, 0.1) is 4.47 Å². The van der Waals surface area contributed by atoms with Crippen LogP contribution in [0.1, 0.15) is 12.5 Å². The van der Waals surface area contributed by atoms with Crippen molar-refractivity contribution in [2.24, 2.45) is 0 Å². The van der Waals surface area contributed by atoms with Crippen LogP contribution < -0.4 is 5.32 Å². The van der Waals surface area contributed by atoms with Gasteiger partial charge < -0.3 is 10.2 Å². The molecule has 2 nitrogen and oxygen atoms in total. The minimum atomic E-state index is -0.503. The predicted molar refractivity (Wildman–Crippen MR) is 73.8 cm³/mol. The van der Waals surface area contributed by atoms with Gasteiger partial charge in [-0.2, -0.15) is 0 Å². The molecule has 0 spiro atoms. The molecule has 1 rings (SSSR count). The molecule has 5 heteroatoms. The third-order valence-electron chi connectivity index (χ3n) is 2.67. The highest BCUT2D eigenvalue weighted by atomic mass is 79.9. The van der Waals surface area contributed by atoms with E-state index in [1.165, 1.54) is 12.1 Å². The van der Waals surface area contributed by atoms with Gasteiger partial charge >= 0.3 is 0 Å². The van der Waals surface area contributed by atoms with Gasteiger partial charge in [0.2, 0.25) is 0 Å². The Kier molecular flexibility index (Phi) is 6.18. The van der Waals surface area contributed by atoms with Crippen LogP contribution in [0.15, 0.2) is 16.6 Å². The second-order valence-electron chi connectivity index (χ2n) is 4.54. The lowest BCUT2D eigenvalue weighted by atomic mass is 10.0. The topological polar surface area (TPSA) is 15.3 Å². The van der Waals surface area contributed by atoms with Crippen molar-refractivity contribution in [3.05, 3.63) is 33.8 Å². The molecule has 1 N–H and O–H groups in total. The number of benzene rings is 1. The summed E-state index contributed by atoms with van der Waals surface area (Å²) in [5, 5.41) is 3.25. The Balaban J connectivity index is 2.89. The monoisotopic (exact) mass is 320 g/mol. The van der Waals surface area contributed by atoms with Crippen LogP contribution in [0.5, 0.6) is 0 Å². The summed E-state index contributed by atoms with van der Waals surface area (Å²) in [6.45, 7) is 3.49. The fourth-order valence-corrected chi connectivity index (χ4v) is 2.30. The molecule has 1 unspecified atom stereocenters. The summed E-state index contributed by atoms with van der Waals surface area (Å²) >= 11 is 3.09. The maximum Gasteiger partial charge on any atom is 0.143 e. The molecule has 0 aromatic heterocycles. The van der Waals surface area contributed by atoms with Crippen molar-refractivity contribution in [2.75, 3.05) is 27.2 Å². The molecule has 0 aliphatic rings. The molecule has 18 heavy (non-hydrogen) atoms. The second-order valence-corrected chi connectivity index (χ2v) is 5.40. The van der Waals surface area contributed by atoms with Gasteiger partial charge in [-0.25, -0.2) is 8.78 Å². The first-order valence-corrected chi connectivity index (χ1v) is 6.75. The van der Waals surface area contributed by atoms with E-state index in [-0.39, 0.29) is 11.6 Å². The molecule has 0 bridgehead atoms. The smallest absolute Gasteiger partial charge is 0.143 e. The third kappa shape index (κ3) is 4.30. The minimum Gasteiger partial charge on any atom is -0.313 e. The number of halogens is 3. The van der Waals surface area contributed by atoms with Gasteiger partial charge in [0.15, 0.2) is 0 Å². The summed E-state index contributed by atoms with van der Waals surface area (Å²) < 4.78 is 27.8. The molecule has 0 saturated carbocycles. The zero-order valence-corrected chi connectivity index (χ0v) is 12.5. The summed E-state index contributed by atoms with van der Waals surface area (Å²) in [5.41, 5.74) is 0.136. The first-order chi connectivity index (χ1) is 8.45. The van der Waals surface area contributed by atoms with Crippen molar-refractivity contribution in [3.8, 4) is 0 Å². The Morgan fingerprint density at radius 1 is 1.33 bits per heavy atom. The van der Waals surface area contributed by atoms with Crippen LogP contribution in [0.2, 0.25) is 0 Å². The number of hydrogen-bond acceptors (Lipinski definition) is 2. The van der Waals surface area contributed by atoms with Crippen LogP contribution in [-0.2, 0) is 6.42 Å². The molecule has 0 aliphatic heterocycles. The average molecular weight is 321 g/mol. The maximum atomic E-state index is 13.9. The third-order valence-corrected chi connectivity index (χ3v) is 3.28. The van der Waals surface area contributed by atoms with Crippen molar-refractivity contribution in [1.29, 1.82) is 0 Å². The Hall–Kier alpha value is -0.520. The molecule has 102 valence electrons. The molecule has 0 heterocycles. The summed E-state index contributed by atoms with van der Waals surface area (Å²) in [6.07, 6.45) is 0.336. The van der Waals surface area contributed by atoms with E-state index in [0.717, 1.165) is 13.1 Å². The fraction of sp³-hybridized carbons (Fsp3) is 0.538. The van der Waals surface area contributed by atoms with Crippen LogP contribution >= 0.6 is 15.9 Å². The first kappa shape index (κ1) is 15.5. The van der Waals surface area contributed by atoms with Gasteiger partial charge in [-0.15, -0.1) is 0 Å². The zero-order valence-electron chi connectivity index (χ0n) is 10.9. The maximum absolute atomic E-state index is 13.9. The molecular formula is C13H19BrF2N2. The van der Waals surface area contributed by atoms with Crippen molar-refractivity contribution >= 4 is 15.9 Å². The van der Waals surface area contributed by atoms with E-state index in [1.54, 1.807) is 0 Å². The van der Waals surface area contributed by atoms with Crippen LogP contribution in [0, 0.1) is 11.6 Å².